The van der Waals surface area contributed by atoms with Crippen LogP contribution in [0.2, 0.25) is 0 Å². The third-order valence-corrected chi connectivity index (χ3v) is 5.67. The Kier molecular flexibility index (Phi) is 5.44. The predicted octanol–water partition coefficient (Wildman–Crippen LogP) is 4.05. The minimum atomic E-state index is -1.12. The molecule has 2 heterocycles. The molecule has 160 valence electrons. The first-order chi connectivity index (χ1) is 14.4. The van der Waals surface area contributed by atoms with Gasteiger partial charge in [-0.1, -0.05) is 6.07 Å². The summed E-state index contributed by atoms with van der Waals surface area (Å²) in [7, 11) is 0. The molecule has 4 rings (SSSR count). The van der Waals surface area contributed by atoms with Crippen LogP contribution < -0.4 is 9.80 Å². The Bertz CT molecular complexity index is 955. The lowest BCUT2D eigenvalue weighted by molar-refractivity contribution is -0.120. The zero-order valence-electron chi connectivity index (χ0n) is 16.7. The number of alkyl halides is 2. The molecule has 1 aliphatic carbocycles. The molecule has 1 fully saturated rings. The van der Waals surface area contributed by atoms with E-state index in [-0.39, 0.29) is 13.0 Å². The Morgan fingerprint density at radius 3 is 2.57 bits per heavy atom. The van der Waals surface area contributed by atoms with Crippen LogP contribution in [0.15, 0.2) is 30.6 Å². The molecule has 0 radical (unpaired) electrons. The molecule has 1 N–H and O–H groups in total. The number of nitrogens with zero attached hydrogens (tertiary/aromatic N) is 4. The number of carbonyl (C=O) groups excluding carboxylic acids is 1. The molecular formula is C21H24F2N4O3. The van der Waals surface area contributed by atoms with E-state index in [2.05, 4.69) is 5.10 Å². The second-order valence-electron chi connectivity index (χ2n) is 8.03. The summed E-state index contributed by atoms with van der Waals surface area (Å²) in [6.07, 6.45) is 4.50. The van der Waals surface area contributed by atoms with Gasteiger partial charge in [0, 0.05) is 30.6 Å². The molecule has 1 saturated carbocycles. The van der Waals surface area contributed by atoms with Gasteiger partial charge < -0.3 is 10.0 Å². The molecule has 1 aromatic carbocycles. The molecule has 1 atom stereocenters. The smallest absolute Gasteiger partial charge is 0.411 e. The molecule has 0 unspecified atom stereocenters. The molecule has 1 aromatic heterocycles. The summed E-state index contributed by atoms with van der Waals surface area (Å²) < 4.78 is 27.8. The molecular weight excluding hydrogens is 394 g/mol. The van der Waals surface area contributed by atoms with Crippen molar-refractivity contribution < 1.29 is 23.5 Å². The van der Waals surface area contributed by atoms with E-state index in [0.29, 0.717) is 17.4 Å². The van der Waals surface area contributed by atoms with Crippen molar-refractivity contribution in [2.45, 2.75) is 38.3 Å². The number of anilines is 2. The van der Waals surface area contributed by atoms with Gasteiger partial charge in [0.05, 0.1) is 43.0 Å². The fourth-order valence-electron chi connectivity index (χ4n) is 3.89. The van der Waals surface area contributed by atoms with Crippen molar-refractivity contribution in [3.05, 3.63) is 30.6 Å². The van der Waals surface area contributed by atoms with Crippen LogP contribution in [0.5, 0.6) is 0 Å². The van der Waals surface area contributed by atoms with E-state index >= 15 is 0 Å². The van der Waals surface area contributed by atoms with E-state index in [9.17, 15) is 23.5 Å². The number of carbonyl (C=O) groups is 2. The zero-order valence-corrected chi connectivity index (χ0v) is 16.7. The van der Waals surface area contributed by atoms with Crippen LogP contribution in [0.3, 0.4) is 0 Å². The summed E-state index contributed by atoms with van der Waals surface area (Å²) >= 11 is 0. The quantitative estimate of drug-likeness (QED) is 0.768. The van der Waals surface area contributed by atoms with Gasteiger partial charge in [0.2, 0.25) is 5.91 Å². The summed E-state index contributed by atoms with van der Waals surface area (Å²) in [5.74, 6) is -1.40. The molecule has 2 aromatic rings. The Morgan fingerprint density at radius 2 is 1.93 bits per heavy atom. The summed E-state index contributed by atoms with van der Waals surface area (Å²) in [5, 5.41) is 14.1. The normalized spacial score (nSPS) is 18.6. The highest BCUT2D eigenvalue weighted by molar-refractivity contribution is 6.03. The van der Waals surface area contributed by atoms with Gasteiger partial charge in [-0.15, -0.1) is 0 Å². The SMILES string of the molecule is C[C@H]1CN(C(=O)O)c2cc(-c3cnn(C4CC4)c3)ccc2N1C(=O)CC(CF)CF. The number of rotatable bonds is 6. The molecule has 0 bridgehead atoms. The fraction of sp³-hybridized carbons (Fsp3) is 0.476. The first kappa shape index (κ1) is 20.3. The van der Waals surface area contributed by atoms with Crippen LogP contribution in [0.4, 0.5) is 25.0 Å². The summed E-state index contributed by atoms with van der Waals surface area (Å²) in [6, 6.07) is 5.21. The maximum atomic E-state index is 12.9. The lowest BCUT2D eigenvalue weighted by Gasteiger charge is -2.40. The molecule has 2 amide bonds. The van der Waals surface area contributed by atoms with Crippen molar-refractivity contribution in [2.24, 2.45) is 5.92 Å². The number of halogens is 2. The lowest BCUT2D eigenvalue weighted by Crippen LogP contribution is -2.52. The van der Waals surface area contributed by atoms with Crippen molar-refractivity contribution in [1.29, 1.82) is 0 Å². The van der Waals surface area contributed by atoms with E-state index in [1.165, 1.54) is 9.80 Å². The van der Waals surface area contributed by atoms with Gasteiger partial charge in [-0.3, -0.25) is 23.2 Å². The van der Waals surface area contributed by atoms with E-state index in [1.807, 2.05) is 16.9 Å². The second kappa shape index (κ2) is 8.04. The third-order valence-electron chi connectivity index (χ3n) is 5.67. The van der Waals surface area contributed by atoms with Gasteiger partial charge in [-0.25, -0.2) is 4.79 Å². The highest BCUT2D eigenvalue weighted by Gasteiger charge is 2.36. The van der Waals surface area contributed by atoms with Crippen molar-refractivity contribution in [2.75, 3.05) is 29.7 Å². The van der Waals surface area contributed by atoms with Gasteiger partial charge in [-0.05, 0) is 37.5 Å². The molecule has 1 aliphatic heterocycles. The highest BCUT2D eigenvalue weighted by atomic mass is 19.1. The van der Waals surface area contributed by atoms with Crippen LogP contribution in [-0.2, 0) is 4.79 Å². The van der Waals surface area contributed by atoms with E-state index in [1.54, 1.807) is 25.3 Å². The Morgan fingerprint density at radius 1 is 1.20 bits per heavy atom. The standard InChI is InChI=1S/C21H24F2N4O3/c1-13-11-25(21(29)30)19-7-15(16-10-24-26(12-16)17-3-4-17)2-5-18(19)27(13)20(28)6-14(8-22)9-23/h2,5,7,10,12-14,17H,3-4,6,8-9,11H2,1H3,(H,29,30)/t13-/m0/s1. The van der Waals surface area contributed by atoms with Crippen molar-refractivity contribution >= 4 is 23.4 Å². The number of hydrogen-bond donors (Lipinski definition) is 1. The molecule has 7 nitrogen and oxygen atoms in total. The van der Waals surface area contributed by atoms with Gasteiger partial charge in [0.1, 0.15) is 0 Å². The van der Waals surface area contributed by atoms with Gasteiger partial charge in [-0.2, -0.15) is 5.10 Å². The number of aromatic nitrogens is 2. The highest BCUT2D eigenvalue weighted by Crippen LogP contribution is 2.40. The number of fused-ring (bicyclic) bond motifs is 1. The molecule has 2 aliphatic rings. The van der Waals surface area contributed by atoms with E-state index in [4.69, 9.17) is 0 Å². The minimum Gasteiger partial charge on any atom is -0.465 e. The van der Waals surface area contributed by atoms with Crippen molar-refractivity contribution in [3.8, 4) is 11.1 Å². The maximum Gasteiger partial charge on any atom is 0.411 e. The maximum absolute atomic E-state index is 12.9. The molecule has 0 saturated heterocycles. The lowest BCUT2D eigenvalue weighted by atomic mass is 10.0. The van der Waals surface area contributed by atoms with Gasteiger partial charge >= 0.3 is 6.09 Å². The summed E-state index contributed by atoms with van der Waals surface area (Å²) in [5.41, 5.74) is 2.46. The first-order valence-electron chi connectivity index (χ1n) is 10.1. The molecule has 0 spiro atoms. The van der Waals surface area contributed by atoms with Crippen LogP contribution in [0, 0.1) is 5.92 Å². The number of carboxylic acid groups (broad SMARTS) is 1. The molecule has 30 heavy (non-hydrogen) atoms. The average Bonchev–Trinajstić information content (AvgIpc) is 3.47. The average molecular weight is 418 g/mol. The van der Waals surface area contributed by atoms with E-state index in [0.717, 1.165) is 24.0 Å². The first-order valence-corrected chi connectivity index (χ1v) is 10.1. The predicted molar refractivity (Wildman–Crippen MR) is 108 cm³/mol. The number of benzene rings is 1. The largest absolute Gasteiger partial charge is 0.465 e. The summed E-state index contributed by atoms with van der Waals surface area (Å²) in [4.78, 5) is 27.4. The molecule has 9 heteroatoms. The Hall–Kier alpha value is -2.97. The van der Waals surface area contributed by atoms with Crippen LogP contribution >= 0.6 is 0 Å². The van der Waals surface area contributed by atoms with Gasteiger partial charge in [0.15, 0.2) is 0 Å². The Labute approximate surface area is 172 Å². The Balaban J connectivity index is 1.70. The topological polar surface area (TPSA) is 78.7 Å². The van der Waals surface area contributed by atoms with E-state index < -0.39 is 37.3 Å². The fourth-order valence-corrected chi connectivity index (χ4v) is 3.89. The summed E-state index contributed by atoms with van der Waals surface area (Å²) in [6.45, 7) is -0.0238. The van der Waals surface area contributed by atoms with Gasteiger partial charge in [0.25, 0.3) is 0 Å². The second-order valence-corrected chi connectivity index (χ2v) is 8.03. The van der Waals surface area contributed by atoms with Crippen LogP contribution in [-0.4, -0.2) is 52.8 Å². The number of amides is 2. The monoisotopic (exact) mass is 418 g/mol. The van der Waals surface area contributed by atoms with Crippen molar-refractivity contribution in [3.63, 3.8) is 0 Å². The zero-order chi connectivity index (χ0) is 21.4. The van der Waals surface area contributed by atoms with Crippen LogP contribution in [0.1, 0.15) is 32.2 Å². The third kappa shape index (κ3) is 3.76. The minimum absolute atomic E-state index is 0.0782. The van der Waals surface area contributed by atoms with Crippen molar-refractivity contribution in [1.82, 2.24) is 9.78 Å². The number of hydrogen-bond acceptors (Lipinski definition) is 3. The van der Waals surface area contributed by atoms with Crippen LogP contribution in [0.25, 0.3) is 11.1 Å².